The van der Waals surface area contributed by atoms with Gasteiger partial charge in [-0.25, -0.2) is 13.4 Å². The lowest BCUT2D eigenvalue weighted by molar-refractivity contribution is 0.102. The number of hydrogen-bond donors (Lipinski definition) is 1. The maximum absolute atomic E-state index is 12.8. The van der Waals surface area contributed by atoms with Gasteiger partial charge in [-0.2, -0.15) is 4.31 Å². The van der Waals surface area contributed by atoms with Gasteiger partial charge >= 0.3 is 0 Å². The molecule has 0 aliphatic carbocycles. The number of halogens is 1. The van der Waals surface area contributed by atoms with Crippen molar-refractivity contribution in [3.63, 3.8) is 0 Å². The van der Waals surface area contributed by atoms with Gasteiger partial charge < -0.3 is 4.74 Å². The predicted octanol–water partition coefficient (Wildman–Crippen LogP) is 4.75. The van der Waals surface area contributed by atoms with Crippen molar-refractivity contribution in [2.24, 2.45) is 0 Å². The molecule has 164 valence electrons. The van der Waals surface area contributed by atoms with E-state index in [-0.39, 0.29) is 15.5 Å². The van der Waals surface area contributed by atoms with Gasteiger partial charge in [0.05, 0.1) is 17.8 Å². The third-order valence-corrected chi connectivity index (χ3v) is 7.92. The second-order valence-corrected chi connectivity index (χ2v) is 9.63. The van der Waals surface area contributed by atoms with Crippen LogP contribution in [0.5, 0.6) is 5.75 Å². The quantitative estimate of drug-likeness (QED) is 0.503. The first-order valence-electron chi connectivity index (χ1n) is 9.51. The van der Waals surface area contributed by atoms with E-state index in [4.69, 9.17) is 16.3 Å². The Balaban J connectivity index is 1.82. The molecule has 0 atom stereocenters. The molecule has 0 spiro atoms. The van der Waals surface area contributed by atoms with Crippen molar-refractivity contribution in [2.75, 3.05) is 25.5 Å². The van der Waals surface area contributed by atoms with Crippen molar-refractivity contribution < 1.29 is 17.9 Å². The number of rotatable bonds is 8. The Morgan fingerprint density at radius 2 is 1.84 bits per heavy atom. The van der Waals surface area contributed by atoms with Gasteiger partial charge in [-0.3, -0.25) is 10.1 Å². The Kier molecular flexibility index (Phi) is 7.32. The first-order valence-corrected chi connectivity index (χ1v) is 12.2. The lowest BCUT2D eigenvalue weighted by Crippen LogP contribution is -2.31. The number of ether oxygens (including phenoxy) is 1. The van der Waals surface area contributed by atoms with Gasteiger partial charge in [-0.15, -0.1) is 11.3 Å². The number of anilines is 1. The molecule has 0 radical (unpaired) electrons. The zero-order valence-corrected chi connectivity index (χ0v) is 19.6. The standard InChI is InChI=1S/C21H22ClN3O4S2/c1-4-25(5-2)31(27,28)19-12-15(8-11-17(19)22)20(26)24-21-23-18(13-30-21)14-6-9-16(29-3)10-7-14/h6-13H,4-5H2,1-3H3,(H,23,24,26). The van der Waals surface area contributed by atoms with Crippen LogP contribution in [-0.2, 0) is 10.0 Å². The Labute approximate surface area is 190 Å². The first kappa shape index (κ1) is 23.2. The number of amides is 1. The highest BCUT2D eigenvalue weighted by atomic mass is 35.5. The molecule has 3 rings (SSSR count). The van der Waals surface area contributed by atoms with E-state index in [0.717, 1.165) is 11.3 Å². The molecule has 7 nitrogen and oxygen atoms in total. The van der Waals surface area contributed by atoms with E-state index >= 15 is 0 Å². The summed E-state index contributed by atoms with van der Waals surface area (Å²) in [4.78, 5) is 17.1. The second-order valence-electron chi connectivity index (χ2n) is 6.46. The molecule has 31 heavy (non-hydrogen) atoms. The summed E-state index contributed by atoms with van der Waals surface area (Å²) in [6.07, 6.45) is 0. The Morgan fingerprint density at radius 1 is 1.16 bits per heavy atom. The van der Waals surface area contributed by atoms with E-state index in [1.807, 2.05) is 29.6 Å². The zero-order valence-electron chi connectivity index (χ0n) is 17.3. The molecular formula is C21H22ClN3O4S2. The molecule has 0 fully saturated rings. The summed E-state index contributed by atoms with van der Waals surface area (Å²) in [6.45, 7) is 4.10. The fourth-order valence-electron chi connectivity index (χ4n) is 2.94. The molecular weight excluding hydrogens is 458 g/mol. The minimum Gasteiger partial charge on any atom is -0.497 e. The summed E-state index contributed by atoms with van der Waals surface area (Å²) in [6, 6.07) is 11.6. The minimum atomic E-state index is -3.80. The van der Waals surface area contributed by atoms with Crippen LogP contribution in [0.2, 0.25) is 5.02 Å². The van der Waals surface area contributed by atoms with Gasteiger partial charge in [-0.1, -0.05) is 25.4 Å². The van der Waals surface area contributed by atoms with Crippen LogP contribution in [0, 0.1) is 0 Å². The maximum atomic E-state index is 12.8. The van der Waals surface area contributed by atoms with Gasteiger partial charge in [0, 0.05) is 29.6 Å². The van der Waals surface area contributed by atoms with Crippen LogP contribution in [-0.4, -0.2) is 43.8 Å². The van der Waals surface area contributed by atoms with E-state index < -0.39 is 15.9 Å². The summed E-state index contributed by atoms with van der Waals surface area (Å²) in [7, 11) is -2.20. The van der Waals surface area contributed by atoms with Crippen LogP contribution in [0.4, 0.5) is 5.13 Å². The fourth-order valence-corrected chi connectivity index (χ4v) is 5.61. The minimum absolute atomic E-state index is 0.0690. The summed E-state index contributed by atoms with van der Waals surface area (Å²) in [5.41, 5.74) is 1.77. The summed E-state index contributed by atoms with van der Waals surface area (Å²) in [5, 5.41) is 5.02. The SMILES string of the molecule is CCN(CC)S(=O)(=O)c1cc(C(=O)Nc2nc(-c3ccc(OC)cc3)cs2)ccc1Cl. The number of hydrogen-bond acceptors (Lipinski definition) is 6. The topological polar surface area (TPSA) is 88.6 Å². The molecule has 1 amide bonds. The lowest BCUT2D eigenvalue weighted by Gasteiger charge is -2.19. The van der Waals surface area contributed by atoms with Crippen LogP contribution in [0.1, 0.15) is 24.2 Å². The molecule has 0 saturated carbocycles. The third-order valence-electron chi connectivity index (χ3n) is 4.63. The number of methoxy groups -OCH3 is 1. The molecule has 1 aromatic heterocycles. The van der Waals surface area contributed by atoms with Gasteiger partial charge in [0.1, 0.15) is 10.6 Å². The van der Waals surface area contributed by atoms with E-state index in [9.17, 15) is 13.2 Å². The molecule has 0 aliphatic rings. The molecule has 0 aliphatic heterocycles. The smallest absolute Gasteiger partial charge is 0.257 e. The van der Waals surface area contributed by atoms with Crippen molar-refractivity contribution >= 4 is 44.0 Å². The van der Waals surface area contributed by atoms with Gasteiger partial charge in [0.2, 0.25) is 10.0 Å². The molecule has 0 unspecified atom stereocenters. The van der Waals surface area contributed by atoms with Crippen LogP contribution < -0.4 is 10.1 Å². The molecule has 1 N–H and O–H groups in total. The summed E-state index contributed by atoms with van der Waals surface area (Å²) < 4.78 is 32.1. The van der Waals surface area contributed by atoms with E-state index in [0.29, 0.717) is 23.9 Å². The van der Waals surface area contributed by atoms with Crippen LogP contribution >= 0.6 is 22.9 Å². The number of carbonyl (C=O) groups excluding carboxylic acids is 1. The summed E-state index contributed by atoms with van der Waals surface area (Å²) >= 11 is 7.42. The Bertz CT molecular complexity index is 1170. The lowest BCUT2D eigenvalue weighted by atomic mass is 10.2. The van der Waals surface area contributed by atoms with E-state index in [2.05, 4.69) is 10.3 Å². The zero-order chi connectivity index (χ0) is 22.6. The molecule has 3 aromatic rings. The van der Waals surface area contributed by atoms with Crippen LogP contribution in [0.15, 0.2) is 52.7 Å². The van der Waals surface area contributed by atoms with E-state index in [1.54, 1.807) is 21.0 Å². The molecule has 2 aromatic carbocycles. The maximum Gasteiger partial charge on any atom is 0.257 e. The normalized spacial score (nSPS) is 11.5. The highest BCUT2D eigenvalue weighted by Crippen LogP contribution is 2.28. The largest absolute Gasteiger partial charge is 0.497 e. The number of carbonyl (C=O) groups is 1. The van der Waals surface area contributed by atoms with Crippen molar-refractivity contribution in [3.05, 3.63) is 58.4 Å². The third kappa shape index (κ3) is 5.07. The predicted molar refractivity (Wildman–Crippen MR) is 124 cm³/mol. The van der Waals surface area contributed by atoms with Crippen molar-refractivity contribution in [1.29, 1.82) is 0 Å². The summed E-state index contributed by atoms with van der Waals surface area (Å²) in [5.74, 6) is 0.272. The molecule has 0 bridgehead atoms. The van der Waals surface area contributed by atoms with Crippen molar-refractivity contribution in [1.82, 2.24) is 9.29 Å². The molecule has 10 heteroatoms. The Morgan fingerprint density at radius 3 is 2.45 bits per heavy atom. The average molecular weight is 480 g/mol. The van der Waals surface area contributed by atoms with Crippen LogP contribution in [0.25, 0.3) is 11.3 Å². The molecule has 0 saturated heterocycles. The number of aromatic nitrogens is 1. The number of benzene rings is 2. The number of nitrogens with one attached hydrogen (secondary N) is 1. The number of nitrogens with zero attached hydrogens (tertiary/aromatic N) is 2. The number of thiazole rings is 1. The average Bonchev–Trinajstić information content (AvgIpc) is 3.23. The van der Waals surface area contributed by atoms with Crippen molar-refractivity contribution in [2.45, 2.75) is 18.7 Å². The van der Waals surface area contributed by atoms with Gasteiger partial charge in [-0.05, 0) is 42.5 Å². The first-order chi connectivity index (χ1) is 14.8. The highest BCUT2D eigenvalue weighted by molar-refractivity contribution is 7.89. The van der Waals surface area contributed by atoms with Gasteiger partial charge in [0.15, 0.2) is 5.13 Å². The van der Waals surface area contributed by atoms with E-state index in [1.165, 1.54) is 33.8 Å². The van der Waals surface area contributed by atoms with Crippen LogP contribution in [0.3, 0.4) is 0 Å². The second kappa shape index (κ2) is 9.78. The van der Waals surface area contributed by atoms with Crippen molar-refractivity contribution in [3.8, 4) is 17.0 Å². The fraction of sp³-hybridized carbons (Fsp3) is 0.238. The monoisotopic (exact) mass is 479 g/mol. The molecule has 1 heterocycles. The number of sulfonamides is 1. The van der Waals surface area contributed by atoms with Gasteiger partial charge in [0.25, 0.3) is 5.91 Å². The Hall–Kier alpha value is -2.46. The highest BCUT2D eigenvalue weighted by Gasteiger charge is 2.25.